The Morgan fingerprint density at radius 2 is 1.95 bits per heavy atom. The summed E-state index contributed by atoms with van der Waals surface area (Å²) in [5, 5.41) is 12.3. The third-order valence-corrected chi connectivity index (χ3v) is 3.06. The van der Waals surface area contributed by atoms with Gasteiger partial charge in [0.1, 0.15) is 11.6 Å². The molecule has 0 saturated heterocycles. The largest absolute Gasteiger partial charge is 0.383 e. The maximum Gasteiger partial charge on any atom is 0.186 e. The lowest BCUT2D eigenvalue weighted by Gasteiger charge is -2.02. The van der Waals surface area contributed by atoms with Crippen molar-refractivity contribution in [2.45, 2.75) is 19.8 Å². The number of nitrogens with two attached hydrogens (primary N) is 1. The summed E-state index contributed by atoms with van der Waals surface area (Å²) in [7, 11) is 0. The van der Waals surface area contributed by atoms with Crippen LogP contribution in [0.3, 0.4) is 0 Å². The van der Waals surface area contributed by atoms with Crippen LogP contribution >= 0.6 is 0 Å². The number of nitrogens with one attached hydrogen (secondary N) is 1. The summed E-state index contributed by atoms with van der Waals surface area (Å²) in [4.78, 5) is 0. The second kappa shape index (κ2) is 4.08. The molecule has 5 nitrogen and oxygen atoms in total. The zero-order chi connectivity index (χ0) is 13.6. The van der Waals surface area contributed by atoms with Gasteiger partial charge in [-0.25, -0.2) is 9.07 Å². The third-order valence-electron chi connectivity index (χ3n) is 3.06. The van der Waals surface area contributed by atoms with Crippen molar-refractivity contribution in [3.8, 4) is 5.69 Å². The molecule has 0 amide bonds. The first kappa shape index (κ1) is 11.7. The Hall–Kier alpha value is -2.37. The predicted molar refractivity (Wildman–Crippen MR) is 71.7 cm³/mol. The van der Waals surface area contributed by atoms with Crippen molar-refractivity contribution in [3.05, 3.63) is 35.8 Å². The van der Waals surface area contributed by atoms with Gasteiger partial charge >= 0.3 is 0 Å². The fourth-order valence-electron chi connectivity index (χ4n) is 2.12. The van der Waals surface area contributed by atoms with Crippen molar-refractivity contribution >= 4 is 16.9 Å². The van der Waals surface area contributed by atoms with E-state index >= 15 is 0 Å². The molecule has 2 heterocycles. The molecule has 19 heavy (non-hydrogen) atoms. The number of nitrogens with zero attached hydrogens (tertiary/aromatic N) is 3. The first-order chi connectivity index (χ1) is 9.08. The molecule has 0 aliphatic carbocycles. The average Bonchev–Trinajstić information content (AvgIpc) is 2.92. The van der Waals surface area contributed by atoms with Crippen molar-refractivity contribution in [1.29, 1.82) is 0 Å². The van der Waals surface area contributed by atoms with Crippen molar-refractivity contribution in [2.24, 2.45) is 0 Å². The number of benzene rings is 1. The highest BCUT2D eigenvalue weighted by Crippen LogP contribution is 2.29. The summed E-state index contributed by atoms with van der Waals surface area (Å²) in [6.07, 6.45) is 0. The van der Waals surface area contributed by atoms with Gasteiger partial charge in [0, 0.05) is 0 Å². The van der Waals surface area contributed by atoms with Crippen LogP contribution in [0, 0.1) is 5.82 Å². The molecule has 3 rings (SSSR count). The molecule has 0 atom stereocenters. The Morgan fingerprint density at radius 1 is 1.26 bits per heavy atom. The molecule has 0 radical (unpaired) electrons. The third kappa shape index (κ3) is 1.76. The van der Waals surface area contributed by atoms with Crippen LogP contribution < -0.4 is 5.73 Å². The molecule has 0 fully saturated rings. The Bertz CT molecular complexity index is 723. The lowest BCUT2D eigenvalue weighted by atomic mass is 10.1. The van der Waals surface area contributed by atoms with Gasteiger partial charge in [-0.15, -0.1) is 0 Å². The molecule has 6 heteroatoms. The predicted octanol–water partition coefficient (Wildman–Crippen LogP) is 2.59. The topological polar surface area (TPSA) is 72.5 Å². The normalized spacial score (nSPS) is 11.6. The molecular weight excluding hydrogens is 245 g/mol. The summed E-state index contributed by atoms with van der Waals surface area (Å²) < 4.78 is 14.7. The smallest absolute Gasteiger partial charge is 0.186 e. The number of rotatable bonds is 2. The van der Waals surface area contributed by atoms with E-state index in [1.54, 1.807) is 16.8 Å². The monoisotopic (exact) mass is 259 g/mol. The van der Waals surface area contributed by atoms with Crippen molar-refractivity contribution in [2.75, 3.05) is 5.73 Å². The zero-order valence-electron chi connectivity index (χ0n) is 10.7. The first-order valence-corrected chi connectivity index (χ1v) is 6.06. The van der Waals surface area contributed by atoms with Crippen LogP contribution in [0.1, 0.15) is 25.5 Å². The van der Waals surface area contributed by atoms with Gasteiger partial charge in [0.05, 0.1) is 16.8 Å². The van der Waals surface area contributed by atoms with Gasteiger partial charge in [-0.05, 0) is 30.2 Å². The second-order valence-corrected chi connectivity index (χ2v) is 4.76. The van der Waals surface area contributed by atoms with Crippen molar-refractivity contribution in [3.63, 3.8) is 0 Å². The number of nitrogen functional groups attached to an aromatic ring is 1. The number of aromatic nitrogens is 4. The Morgan fingerprint density at radius 3 is 2.58 bits per heavy atom. The molecule has 1 aromatic carbocycles. The number of aromatic amines is 1. The summed E-state index contributed by atoms with van der Waals surface area (Å²) in [5.74, 6) is 0.453. The zero-order valence-corrected chi connectivity index (χ0v) is 10.7. The molecule has 0 saturated carbocycles. The molecule has 3 N–H and O–H groups in total. The number of anilines is 1. The fourth-order valence-corrected chi connectivity index (χ4v) is 2.12. The summed E-state index contributed by atoms with van der Waals surface area (Å²) >= 11 is 0. The van der Waals surface area contributed by atoms with E-state index in [9.17, 15) is 4.39 Å². The number of hydrogen-bond donors (Lipinski definition) is 2. The van der Waals surface area contributed by atoms with E-state index in [0.29, 0.717) is 11.5 Å². The molecule has 0 aliphatic rings. The quantitative estimate of drug-likeness (QED) is 0.743. The van der Waals surface area contributed by atoms with Crippen LogP contribution in [0.25, 0.3) is 16.7 Å². The SMILES string of the molecule is CC(C)c1nn(-c2ccc(F)cc2)c2n[nH]c(N)c12. The molecule has 0 bridgehead atoms. The molecule has 2 aromatic heterocycles. The van der Waals surface area contributed by atoms with E-state index in [1.807, 2.05) is 13.8 Å². The Labute approximate surface area is 109 Å². The summed E-state index contributed by atoms with van der Waals surface area (Å²) in [6, 6.07) is 6.12. The first-order valence-electron chi connectivity index (χ1n) is 6.06. The van der Waals surface area contributed by atoms with E-state index in [2.05, 4.69) is 15.3 Å². The summed E-state index contributed by atoms with van der Waals surface area (Å²) in [6.45, 7) is 4.09. The van der Waals surface area contributed by atoms with E-state index < -0.39 is 0 Å². The Balaban J connectivity index is 2.27. The van der Waals surface area contributed by atoms with Gasteiger partial charge in [-0.1, -0.05) is 13.8 Å². The average molecular weight is 259 g/mol. The molecule has 0 aliphatic heterocycles. The fraction of sp³-hybridized carbons (Fsp3) is 0.231. The van der Waals surface area contributed by atoms with E-state index in [0.717, 1.165) is 16.8 Å². The number of fused-ring (bicyclic) bond motifs is 1. The number of hydrogen-bond acceptors (Lipinski definition) is 3. The maximum atomic E-state index is 13.0. The highest BCUT2D eigenvalue weighted by molar-refractivity contribution is 5.90. The van der Waals surface area contributed by atoms with Crippen LogP contribution in [-0.2, 0) is 0 Å². The molecule has 0 spiro atoms. The van der Waals surface area contributed by atoms with Crippen LogP contribution in [0.2, 0.25) is 0 Å². The van der Waals surface area contributed by atoms with Crippen LogP contribution in [0.15, 0.2) is 24.3 Å². The highest BCUT2D eigenvalue weighted by Gasteiger charge is 2.19. The van der Waals surface area contributed by atoms with Gasteiger partial charge < -0.3 is 5.73 Å². The lowest BCUT2D eigenvalue weighted by molar-refractivity contribution is 0.627. The van der Waals surface area contributed by atoms with E-state index in [1.165, 1.54) is 12.1 Å². The van der Waals surface area contributed by atoms with E-state index in [-0.39, 0.29) is 11.7 Å². The van der Waals surface area contributed by atoms with Crippen LogP contribution in [0.5, 0.6) is 0 Å². The number of halogens is 1. The number of H-pyrrole nitrogens is 1. The summed E-state index contributed by atoms with van der Waals surface area (Å²) in [5.41, 5.74) is 8.19. The maximum absolute atomic E-state index is 13.0. The van der Waals surface area contributed by atoms with Gasteiger partial charge in [-0.3, -0.25) is 5.10 Å². The van der Waals surface area contributed by atoms with E-state index in [4.69, 9.17) is 5.73 Å². The molecule has 3 aromatic rings. The van der Waals surface area contributed by atoms with Crippen LogP contribution in [-0.4, -0.2) is 20.0 Å². The second-order valence-electron chi connectivity index (χ2n) is 4.76. The Kier molecular flexibility index (Phi) is 2.51. The van der Waals surface area contributed by atoms with Crippen molar-refractivity contribution in [1.82, 2.24) is 20.0 Å². The minimum Gasteiger partial charge on any atom is -0.383 e. The van der Waals surface area contributed by atoms with Gasteiger partial charge in [0.2, 0.25) is 0 Å². The molecular formula is C13H14FN5. The standard InChI is InChI=1S/C13H14FN5/c1-7(2)11-10-12(15)16-17-13(10)19(18-11)9-5-3-8(14)4-6-9/h3-7H,1-2H3,(H3,15,16,17). The minimum absolute atomic E-state index is 0.226. The van der Waals surface area contributed by atoms with Gasteiger partial charge in [0.25, 0.3) is 0 Å². The van der Waals surface area contributed by atoms with Crippen molar-refractivity contribution < 1.29 is 4.39 Å². The molecule has 98 valence electrons. The highest BCUT2D eigenvalue weighted by atomic mass is 19.1. The molecule has 0 unspecified atom stereocenters. The van der Waals surface area contributed by atoms with Crippen LogP contribution in [0.4, 0.5) is 10.2 Å². The van der Waals surface area contributed by atoms with Gasteiger partial charge in [0.15, 0.2) is 5.65 Å². The minimum atomic E-state index is -0.280. The lowest BCUT2D eigenvalue weighted by Crippen LogP contribution is -1.99. The van der Waals surface area contributed by atoms with Gasteiger partial charge in [-0.2, -0.15) is 10.2 Å².